The van der Waals surface area contributed by atoms with Crippen molar-refractivity contribution in [1.82, 2.24) is 0 Å². The SMILES string of the molecule is Cc1cc(C)c(CC(C)(O)C(C)C)c(C)c1. The summed E-state index contributed by atoms with van der Waals surface area (Å²) in [6.45, 7) is 12.4. The molecule has 0 aliphatic heterocycles. The van der Waals surface area contributed by atoms with E-state index in [4.69, 9.17) is 0 Å². The predicted molar refractivity (Wildman–Crippen MR) is 69.8 cm³/mol. The lowest BCUT2D eigenvalue weighted by Crippen LogP contribution is -2.34. The molecule has 0 radical (unpaired) electrons. The van der Waals surface area contributed by atoms with Crippen LogP contribution in [-0.4, -0.2) is 10.7 Å². The molecule has 1 atom stereocenters. The standard InChI is InChI=1S/C15H24O/c1-10(2)15(6,16)9-14-12(4)7-11(3)8-13(14)5/h7-8,10,16H,9H2,1-6H3. The molecule has 0 aliphatic carbocycles. The molecule has 1 heteroatoms. The second kappa shape index (κ2) is 4.58. The van der Waals surface area contributed by atoms with Crippen LogP contribution in [0.25, 0.3) is 0 Å². The van der Waals surface area contributed by atoms with E-state index in [1.165, 1.54) is 22.3 Å². The first-order chi connectivity index (χ1) is 7.24. The van der Waals surface area contributed by atoms with Crippen LogP contribution in [0.5, 0.6) is 0 Å². The molecule has 0 saturated heterocycles. The van der Waals surface area contributed by atoms with Crippen molar-refractivity contribution in [2.75, 3.05) is 0 Å². The molecule has 0 aliphatic rings. The first kappa shape index (κ1) is 13.2. The molecule has 1 unspecified atom stereocenters. The Morgan fingerprint density at radius 2 is 1.56 bits per heavy atom. The predicted octanol–water partition coefficient (Wildman–Crippen LogP) is 3.56. The highest BCUT2D eigenvalue weighted by Gasteiger charge is 2.26. The van der Waals surface area contributed by atoms with Gasteiger partial charge in [-0.25, -0.2) is 0 Å². The molecule has 1 N–H and O–H groups in total. The minimum absolute atomic E-state index is 0.271. The van der Waals surface area contributed by atoms with Crippen molar-refractivity contribution in [2.45, 2.75) is 53.6 Å². The molecule has 0 bridgehead atoms. The average Bonchev–Trinajstić information content (AvgIpc) is 2.11. The molecular formula is C15H24O. The Kier molecular flexibility index (Phi) is 3.80. The van der Waals surface area contributed by atoms with Gasteiger partial charge in [-0.1, -0.05) is 31.5 Å². The molecule has 0 aromatic heterocycles. The van der Waals surface area contributed by atoms with Gasteiger partial charge in [0.25, 0.3) is 0 Å². The first-order valence-electron chi connectivity index (χ1n) is 6.03. The van der Waals surface area contributed by atoms with E-state index in [0.29, 0.717) is 0 Å². The van der Waals surface area contributed by atoms with Crippen LogP contribution in [0.3, 0.4) is 0 Å². The fourth-order valence-corrected chi connectivity index (χ4v) is 2.05. The maximum absolute atomic E-state index is 10.4. The van der Waals surface area contributed by atoms with Crippen LogP contribution in [0, 0.1) is 26.7 Å². The summed E-state index contributed by atoms with van der Waals surface area (Å²) in [6, 6.07) is 4.39. The number of hydrogen-bond donors (Lipinski definition) is 1. The summed E-state index contributed by atoms with van der Waals surface area (Å²) in [7, 11) is 0. The van der Waals surface area contributed by atoms with Crippen LogP contribution in [-0.2, 0) is 6.42 Å². The van der Waals surface area contributed by atoms with Gasteiger partial charge in [-0.3, -0.25) is 0 Å². The maximum Gasteiger partial charge on any atom is 0.0682 e. The van der Waals surface area contributed by atoms with E-state index in [-0.39, 0.29) is 5.92 Å². The zero-order valence-electron chi connectivity index (χ0n) is 11.4. The van der Waals surface area contributed by atoms with E-state index in [1.807, 2.05) is 6.92 Å². The fourth-order valence-electron chi connectivity index (χ4n) is 2.05. The lowest BCUT2D eigenvalue weighted by molar-refractivity contribution is 0.0137. The van der Waals surface area contributed by atoms with Crippen LogP contribution < -0.4 is 0 Å². The van der Waals surface area contributed by atoms with Crippen LogP contribution >= 0.6 is 0 Å². The zero-order chi connectivity index (χ0) is 12.5. The molecule has 16 heavy (non-hydrogen) atoms. The summed E-state index contributed by atoms with van der Waals surface area (Å²) < 4.78 is 0. The van der Waals surface area contributed by atoms with E-state index < -0.39 is 5.60 Å². The lowest BCUT2D eigenvalue weighted by Gasteiger charge is -2.29. The molecule has 1 aromatic rings. The summed E-state index contributed by atoms with van der Waals surface area (Å²) in [6.07, 6.45) is 0.739. The van der Waals surface area contributed by atoms with Gasteiger partial charge in [-0.2, -0.15) is 0 Å². The Morgan fingerprint density at radius 1 is 1.12 bits per heavy atom. The minimum Gasteiger partial charge on any atom is -0.390 e. The number of hydrogen-bond acceptors (Lipinski definition) is 1. The topological polar surface area (TPSA) is 20.2 Å². The average molecular weight is 220 g/mol. The van der Waals surface area contributed by atoms with Gasteiger partial charge in [-0.05, 0) is 50.3 Å². The third kappa shape index (κ3) is 2.85. The Morgan fingerprint density at radius 3 is 1.94 bits per heavy atom. The van der Waals surface area contributed by atoms with Crippen molar-refractivity contribution >= 4 is 0 Å². The zero-order valence-corrected chi connectivity index (χ0v) is 11.4. The fraction of sp³-hybridized carbons (Fsp3) is 0.600. The van der Waals surface area contributed by atoms with Crippen LogP contribution in [0.4, 0.5) is 0 Å². The second-order valence-electron chi connectivity index (χ2n) is 5.57. The van der Waals surface area contributed by atoms with Crippen LogP contribution in [0.1, 0.15) is 43.0 Å². The number of benzene rings is 1. The molecule has 1 rings (SSSR count). The van der Waals surface area contributed by atoms with Crippen molar-refractivity contribution in [3.63, 3.8) is 0 Å². The first-order valence-corrected chi connectivity index (χ1v) is 6.03. The summed E-state index contributed by atoms with van der Waals surface area (Å²) in [5.74, 6) is 0.271. The van der Waals surface area contributed by atoms with Crippen molar-refractivity contribution in [3.8, 4) is 0 Å². The van der Waals surface area contributed by atoms with Gasteiger partial charge in [-0.15, -0.1) is 0 Å². The smallest absolute Gasteiger partial charge is 0.0682 e. The molecule has 0 amide bonds. The van der Waals surface area contributed by atoms with Gasteiger partial charge in [0, 0.05) is 6.42 Å². The normalized spacial score (nSPS) is 15.2. The number of aryl methyl sites for hydroxylation is 3. The van der Waals surface area contributed by atoms with Crippen molar-refractivity contribution in [1.29, 1.82) is 0 Å². The molecule has 0 heterocycles. The highest BCUT2D eigenvalue weighted by Crippen LogP contribution is 2.26. The largest absolute Gasteiger partial charge is 0.390 e. The highest BCUT2D eigenvalue weighted by atomic mass is 16.3. The van der Waals surface area contributed by atoms with Crippen LogP contribution in [0.2, 0.25) is 0 Å². The van der Waals surface area contributed by atoms with Crippen LogP contribution in [0.15, 0.2) is 12.1 Å². The molecule has 0 fully saturated rings. The molecule has 1 nitrogen and oxygen atoms in total. The van der Waals surface area contributed by atoms with Crippen molar-refractivity contribution in [3.05, 3.63) is 34.4 Å². The quantitative estimate of drug-likeness (QED) is 0.825. The molecule has 0 saturated carbocycles. The van der Waals surface area contributed by atoms with E-state index in [9.17, 15) is 5.11 Å². The van der Waals surface area contributed by atoms with Gasteiger partial charge in [0.1, 0.15) is 0 Å². The second-order valence-corrected chi connectivity index (χ2v) is 5.57. The van der Waals surface area contributed by atoms with E-state index in [0.717, 1.165) is 6.42 Å². The number of rotatable bonds is 3. The maximum atomic E-state index is 10.4. The van der Waals surface area contributed by atoms with Crippen molar-refractivity contribution in [2.24, 2.45) is 5.92 Å². The van der Waals surface area contributed by atoms with E-state index in [1.54, 1.807) is 0 Å². The van der Waals surface area contributed by atoms with Gasteiger partial charge < -0.3 is 5.11 Å². The molecular weight excluding hydrogens is 196 g/mol. The van der Waals surface area contributed by atoms with E-state index >= 15 is 0 Å². The number of aliphatic hydroxyl groups is 1. The summed E-state index contributed by atoms with van der Waals surface area (Å²) >= 11 is 0. The molecule has 0 spiro atoms. The van der Waals surface area contributed by atoms with Gasteiger partial charge in [0.2, 0.25) is 0 Å². The summed E-state index contributed by atoms with van der Waals surface area (Å²) in [4.78, 5) is 0. The van der Waals surface area contributed by atoms with Gasteiger partial charge >= 0.3 is 0 Å². The molecule has 90 valence electrons. The Hall–Kier alpha value is -0.820. The highest BCUT2D eigenvalue weighted by molar-refractivity contribution is 5.38. The molecule has 1 aromatic carbocycles. The summed E-state index contributed by atoms with van der Waals surface area (Å²) in [5, 5.41) is 10.4. The van der Waals surface area contributed by atoms with Gasteiger partial charge in [0.15, 0.2) is 0 Å². The Labute approximate surface area is 99.5 Å². The van der Waals surface area contributed by atoms with Crippen molar-refractivity contribution < 1.29 is 5.11 Å². The Balaban J connectivity index is 3.07. The van der Waals surface area contributed by atoms with Gasteiger partial charge in [0.05, 0.1) is 5.60 Å². The monoisotopic (exact) mass is 220 g/mol. The lowest BCUT2D eigenvalue weighted by atomic mass is 9.83. The van der Waals surface area contributed by atoms with E-state index in [2.05, 4.69) is 46.8 Å². The third-order valence-corrected chi connectivity index (χ3v) is 3.62. The third-order valence-electron chi connectivity index (χ3n) is 3.62. The minimum atomic E-state index is -0.620. The summed E-state index contributed by atoms with van der Waals surface area (Å²) in [5.41, 5.74) is 4.55. The Bertz CT molecular complexity index is 352.